The van der Waals surface area contributed by atoms with Gasteiger partial charge in [0.05, 0.1) is 6.61 Å². The van der Waals surface area contributed by atoms with Crippen LogP contribution in [0.2, 0.25) is 0 Å². The zero-order valence-electron chi connectivity index (χ0n) is 16.3. The largest absolute Gasteiger partial charge is 0.380 e. The highest BCUT2D eigenvalue weighted by Crippen LogP contribution is 2.28. The Hall–Kier alpha value is -2.08. The second-order valence-electron chi connectivity index (χ2n) is 7.62. The van der Waals surface area contributed by atoms with Gasteiger partial charge >= 0.3 is 6.03 Å². The molecule has 1 aliphatic heterocycles. The van der Waals surface area contributed by atoms with Crippen molar-refractivity contribution in [2.75, 3.05) is 38.6 Å². The minimum atomic E-state index is -0.104. The van der Waals surface area contributed by atoms with Crippen molar-refractivity contribution in [2.45, 2.75) is 45.1 Å². The van der Waals surface area contributed by atoms with E-state index in [1.54, 1.807) is 12.0 Å². The predicted octanol–water partition coefficient (Wildman–Crippen LogP) is 3.48. The predicted molar refractivity (Wildman–Crippen MR) is 106 cm³/mol. The highest BCUT2D eigenvalue weighted by atomic mass is 16.5. The third-order valence-electron chi connectivity index (χ3n) is 5.68. The topological polar surface area (TPSA) is 61.9 Å². The number of methoxy groups -OCH3 is 1. The number of piperazine rings is 1. The van der Waals surface area contributed by atoms with Crippen LogP contribution < -0.4 is 5.32 Å². The molecule has 148 valence electrons. The summed E-state index contributed by atoms with van der Waals surface area (Å²) in [5.41, 5.74) is 1.84. The molecule has 1 heterocycles. The smallest absolute Gasteiger partial charge is 0.321 e. The summed E-state index contributed by atoms with van der Waals surface area (Å²) in [6, 6.07) is 7.55. The van der Waals surface area contributed by atoms with Crippen LogP contribution in [0.25, 0.3) is 0 Å². The second kappa shape index (κ2) is 9.74. The van der Waals surface area contributed by atoms with Gasteiger partial charge in [0.25, 0.3) is 0 Å². The van der Waals surface area contributed by atoms with E-state index < -0.39 is 0 Å². The minimum Gasteiger partial charge on any atom is -0.380 e. The fourth-order valence-electron chi connectivity index (χ4n) is 4.00. The average molecular weight is 373 g/mol. The molecule has 3 rings (SSSR count). The van der Waals surface area contributed by atoms with E-state index in [2.05, 4.69) is 5.32 Å². The normalized spacial score (nSPS) is 18.0. The number of nitrogens with one attached hydrogen (secondary N) is 1. The number of ether oxygens (including phenoxy) is 1. The Labute approximate surface area is 161 Å². The summed E-state index contributed by atoms with van der Waals surface area (Å²) < 4.78 is 5.09. The molecule has 2 fully saturated rings. The van der Waals surface area contributed by atoms with Crippen molar-refractivity contribution >= 4 is 17.6 Å². The van der Waals surface area contributed by atoms with E-state index in [4.69, 9.17) is 4.74 Å². The van der Waals surface area contributed by atoms with Gasteiger partial charge in [-0.3, -0.25) is 4.79 Å². The van der Waals surface area contributed by atoms with Gasteiger partial charge in [0, 0.05) is 45.4 Å². The lowest BCUT2D eigenvalue weighted by Gasteiger charge is -2.35. The van der Waals surface area contributed by atoms with E-state index in [0.717, 1.165) is 23.6 Å². The Kier molecular flexibility index (Phi) is 7.10. The van der Waals surface area contributed by atoms with Crippen LogP contribution in [0, 0.1) is 5.92 Å². The van der Waals surface area contributed by atoms with Gasteiger partial charge in [-0.05, 0) is 30.0 Å². The van der Waals surface area contributed by atoms with Crippen LogP contribution in [-0.4, -0.2) is 55.0 Å². The fourth-order valence-corrected chi connectivity index (χ4v) is 4.00. The number of urea groups is 1. The molecule has 1 aromatic rings. The molecule has 6 nitrogen and oxygen atoms in total. The second-order valence-corrected chi connectivity index (χ2v) is 7.62. The maximum Gasteiger partial charge on any atom is 0.321 e. The number of amides is 3. The van der Waals surface area contributed by atoms with Gasteiger partial charge in [-0.2, -0.15) is 0 Å². The number of carbonyl (C=O) groups excluding carboxylic acids is 2. The highest BCUT2D eigenvalue weighted by Gasteiger charge is 2.25. The molecular weight excluding hydrogens is 342 g/mol. The molecule has 0 radical (unpaired) electrons. The lowest BCUT2D eigenvalue weighted by molar-refractivity contribution is -0.132. The molecule has 6 heteroatoms. The Balaban J connectivity index is 1.39. The van der Waals surface area contributed by atoms with Crippen molar-refractivity contribution in [2.24, 2.45) is 5.92 Å². The molecule has 3 amide bonds. The van der Waals surface area contributed by atoms with Gasteiger partial charge in [-0.25, -0.2) is 4.79 Å². The summed E-state index contributed by atoms with van der Waals surface area (Å²) in [5, 5.41) is 2.93. The average Bonchev–Trinajstić information content (AvgIpc) is 3.21. The summed E-state index contributed by atoms with van der Waals surface area (Å²) >= 11 is 0. The summed E-state index contributed by atoms with van der Waals surface area (Å²) in [7, 11) is 1.66. The number of rotatable bonds is 6. The van der Waals surface area contributed by atoms with Gasteiger partial charge in [0.2, 0.25) is 5.91 Å². The Morgan fingerprint density at radius 2 is 1.67 bits per heavy atom. The summed E-state index contributed by atoms with van der Waals surface area (Å²) in [6.07, 6.45) is 6.90. The zero-order valence-corrected chi connectivity index (χ0v) is 16.3. The van der Waals surface area contributed by atoms with Crippen molar-refractivity contribution in [1.82, 2.24) is 9.80 Å². The number of nitrogens with zero attached hydrogens (tertiary/aromatic N) is 2. The van der Waals surface area contributed by atoms with Crippen molar-refractivity contribution in [3.05, 3.63) is 29.8 Å². The van der Waals surface area contributed by atoms with E-state index in [9.17, 15) is 9.59 Å². The third-order valence-corrected chi connectivity index (χ3v) is 5.68. The van der Waals surface area contributed by atoms with E-state index in [0.29, 0.717) is 39.2 Å². The van der Waals surface area contributed by atoms with E-state index in [1.165, 1.54) is 25.7 Å². The minimum absolute atomic E-state index is 0.104. The first-order valence-corrected chi connectivity index (χ1v) is 10.1. The quantitative estimate of drug-likeness (QED) is 0.830. The van der Waals surface area contributed by atoms with Gasteiger partial charge in [-0.15, -0.1) is 0 Å². The van der Waals surface area contributed by atoms with Crippen LogP contribution in [0.4, 0.5) is 10.5 Å². The Morgan fingerprint density at radius 1 is 1.04 bits per heavy atom. The molecule has 0 unspecified atom stereocenters. The number of hydrogen-bond donors (Lipinski definition) is 1. The fraction of sp³-hybridized carbons (Fsp3) is 0.619. The van der Waals surface area contributed by atoms with Crippen LogP contribution in [-0.2, 0) is 16.1 Å². The first kappa shape index (κ1) is 19.7. The standard InChI is InChI=1S/C21H31N3O3/c1-27-16-18-6-9-19(10-7-18)22-21(26)24-14-12-23(13-15-24)20(25)11-8-17-4-2-3-5-17/h6-7,9-10,17H,2-5,8,11-16H2,1H3,(H,22,26). The van der Waals surface area contributed by atoms with Crippen molar-refractivity contribution in [1.29, 1.82) is 0 Å². The molecule has 1 aromatic carbocycles. The monoisotopic (exact) mass is 373 g/mol. The van der Waals surface area contributed by atoms with Crippen LogP contribution in [0.5, 0.6) is 0 Å². The number of anilines is 1. The van der Waals surface area contributed by atoms with E-state index >= 15 is 0 Å². The molecule has 1 saturated carbocycles. The van der Waals surface area contributed by atoms with E-state index in [-0.39, 0.29) is 11.9 Å². The van der Waals surface area contributed by atoms with Crippen molar-refractivity contribution < 1.29 is 14.3 Å². The Morgan fingerprint density at radius 3 is 2.30 bits per heavy atom. The van der Waals surface area contributed by atoms with Gasteiger partial charge in [0.15, 0.2) is 0 Å². The van der Waals surface area contributed by atoms with Gasteiger partial charge in [0.1, 0.15) is 0 Å². The molecule has 0 bridgehead atoms. The number of hydrogen-bond acceptors (Lipinski definition) is 3. The SMILES string of the molecule is COCc1ccc(NC(=O)N2CCN(C(=O)CCC3CCCC3)CC2)cc1. The first-order chi connectivity index (χ1) is 13.2. The van der Waals surface area contributed by atoms with E-state index in [1.807, 2.05) is 29.2 Å². The molecule has 0 atom stereocenters. The summed E-state index contributed by atoms with van der Waals surface area (Å²) in [6.45, 7) is 2.99. The molecule has 0 aromatic heterocycles. The number of benzene rings is 1. The van der Waals surface area contributed by atoms with Crippen LogP contribution in [0.3, 0.4) is 0 Å². The molecular formula is C21H31N3O3. The van der Waals surface area contributed by atoms with Gasteiger partial charge < -0.3 is 19.9 Å². The molecule has 2 aliphatic rings. The molecule has 1 saturated heterocycles. The van der Waals surface area contributed by atoms with Crippen LogP contribution in [0.1, 0.15) is 44.1 Å². The molecule has 1 aliphatic carbocycles. The maximum absolute atomic E-state index is 12.4. The Bertz CT molecular complexity index is 618. The van der Waals surface area contributed by atoms with Crippen molar-refractivity contribution in [3.63, 3.8) is 0 Å². The summed E-state index contributed by atoms with van der Waals surface area (Å²) in [4.78, 5) is 28.5. The third kappa shape index (κ3) is 5.70. The van der Waals surface area contributed by atoms with Crippen LogP contribution >= 0.6 is 0 Å². The number of carbonyl (C=O) groups is 2. The first-order valence-electron chi connectivity index (χ1n) is 10.1. The summed E-state index contributed by atoms with van der Waals surface area (Å²) in [5.74, 6) is 0.993. The zero-order chi connectivity index (χ0) is 19.1. The van der Waals surface area contributed by atoms with Gasteiger partial charge in [-0.1, -0.05) is 37.8 Å². The molecule has 27 heavy (non-hydrogen) atoms. The maximum atomic E-state index is 12.4. The van der Waals surface area contributed by atoms with Crippen molar-refractivity contribution in [3.8, 4) is 0 Å². The molecule has 1 N–H and O–H groups in total. The lowest BCUT2D eigenvalue weighted by atomic mass is 10.0. The molecule has 0 spiro atoms. The lowest BCUT2D eigenvalue weighted by Crippen LogP contribution is -2.51. The highest BCUT2D eigenvalue weighted by molar-refractivity contribution is 5.89. The van der Waals surface area contributed by atoms with Crippen LogP contribution in [0.15, 0.2) is 24.3 Å².